The Labute approximate surface area is 156 Å². The molecule has 2 amide bonds. The number of halogens is 1. The number of aromatic nitrogens is 1. The molecule has 0 aliphatic rings. The van der Waals surface area contributed by atoms with Crippen molar-refractivity contribution < 1.29 is 9.59 Å². The maximum atomic E-state index is 12.4. The van der Waals surface area contributed by atoms with Gasteiger partial charge in [0.25, 0.3) is 5.91 Å². The summed E-state index contributed by atoms with van der Waals surface area (Å²) in [5, 5.41) is 2.75. The number of thiazole rings is 1. The summed E-state index contributed by atoms with van der Waals surface area (Å²) in [6.45, 7) is 5.75. The van der Waals surface area contributed by atoms with E-state index in [4.69, 9.17) is 11.6 Å². The third kappa shape index (κ3) is 3.89. The van der Waals surface area contributed by atoms with Gasteiger partial charge in [-0.1, -0.05) is 29.0 Å². The number of nitrogens with zero attached hydrogens (tertiary/aromatic N) is 2. The predicted molar refractivity (Wildman–Crippen MR) is 104 cm³/mol. The lowest BCUT2D eigenvalue weighted by Crippen LogP contribution is -2.16. The lowest BCUT2D eigenvalue weighted by Gasteiger charge is -2.03. The van der Waals surface area contributed by atoms with Crippen LogP contribution in [0.1, 0.15) is 16.6 Å². The molecule has 0 radical (unpaired) electrons. The fourth-order valence-electron chi connectivity index (χ4n) is 2.32. The molecule has 0 saturated heterocycles. The first-order valence-corrected chi connectivity index (χ1v) is 9.35. The van der Waals surface area contributed by atoms with Crippen molar-refractivity contribution in [3.8, 4) is 0 Å². The van der Waals surface area contributed by atoms with Crippen LogP contribution in [0, 0.1) is 0 Å². The molecule has 5 nitrogen and oxygen atoms in total. The Morgan fingerprint density at radius 1 is 1.32 bits per heavy atom. The summed E-state index contributed by atoms with van der Waals surface area (Å²) in [4.78, 5) is 28.9. The fraction of sp³-hybridized carbons (Fsp3) is 0.118. The minimum atomic E-state index is -0.330. The van der Waals surface area contributed by atoms with Gasteiger partial charge in [-0.15, -0.1) is 17.9 Å². The second kappa shape index (κ2) is 7.35. The molecule has 8 heteroatoms. The number of amides is 2. The lowest BCUT2D eigenvalue weighted by molar-refractivity contribution is -0.114. The number of anilines is 1. The Morgan fingerprint density at radius 3 is 2.76 bits per heavy atom. The van der Waals surface area contributed by atoms with Crippen LogP contribution in [0.15, 0.2) is 48.0 Å². The van der Waals surface area contributed by atoms with Crippen molar-refractivity contribution in [2.24, 2.45) is 4.99 Å². The molecule has 3 rings (SSSR count). The summed E-state index contributed by atoms with van der Waals surface area (Å²) in [6, 6.07) is 8.93. The Kier molecular flexibility index (Phi) is 5.17. The minimum Gasteiger partial charge on any atom is -0.326 e. The van der Waals surface area contributed by atoms with E-state index >= 15 is 0 Å². The summed E-state index contributed by atoms with van der Waals surface area (Å²) < 4.78 is 3.38. The molecular formula is C17H14ClN3O2S2. The molecule has 0 aliphatic heterocycles. The van der Waals surface area contributed by atoms with Gasteiger partial charge >= 0.3 is 0 Å². The molecule has 128 valence electrons. The molecule has 0 saturated carbocycles. The van der Waals surface area contributed by atoms with Gasteiger partial charge < -0.3 is 9.88 Å². The van der Waals surface area contributed by atoms with Gasteiger partial charge in [0, 0.05) is 19.2 Å². The van der Waals surface area contributed by atoms with E-state index in [0.29, 0.717) is 26.2 Å². The van der Waals surface area contributed by atoms with Crippen LogP contribution in [0.25, 0.3) is 10.2 Å². The van der Waals surface area contributed by atoms with Gasteiger partial charge in [-0.3, -0.25) is 9.59 Å². The smallest absolute Gasteiger partial charge is 0.289 e. The first-order valence-electron chi connectivity index (χ1n) is 7.34. The number of rotatable bonds is 4. The van der Waals surface area contributed by atoms with E-state index in [2.05, 4.69) is 16.9 Å². The minimum absolute atomic E-state index is 0.135. The summed E-state index contributed by atoms with van der Waals surface area (Å²) in [7, 11) is 0. The van der Waals surface area contributed by atoms with E-state index in [1.807, 2.05) is 22.8 Å². The first-order chi connectivity index (χ1) is 12.0. The maximum Gasteiger partial charge on any atom is 0.289 e. The zero-order valence-corrected chi connectivity index (χ0v) is 15.7. The molecule has 0 atom stereocenters. The van der Waals surface area contributed by atoms with Gasteiger partial charge in [0.05, 0.1) is 19.4 Å². The number of allylic oxidation sites excluding steroid dienone is 1. The molecule has 25 heavy (non-hydrogen) atoms. The van der Waals surface area contributed by atoms with Gasteiger partial charge in [-0.2, -0.15) is 4.99 Å². The highest BCUT2D eigenvalue weighted by atomic mass is 35.5. The van der Waals surface area contributed by atoms with Gasteiger partial charge in [0.15, 0.2) is 4.80 Å². The highest BCUT2D eigenvalue weighted by Crippen LogP contribution is 2.24. The number of nitrogens with one attached hydrogen (secondary N) is 1. The van der Waals surface area contributed by atoms with Crippen molar-refractivity contribution in [3.63, 3.8) is 0 Å². The van der Waals surface area contributed by atoms with Gasteiger partial charge in [0.1, 0.15) is 0 Å². The Morgan fingerprint density at radius 2 is 2.12 bits per heavy atom. The number of hydrogen-bond donors (Lipinski definition) is 1. The summed E-state index contributed by atoms with van der Waals surface area (Å²) in [5.74, 6) is -0.465. The van der Waals surface area contributed by atoms with Crippen molar-refractivity contribution in [2.75, 3.05) is 5.32 Å². The average Bonchev–Trinajstić information content (AvgIpc) is 3.11. The van der Waals surface area contributed by atoms with Crippen LogP contribution in [0.3, 0.4) is 0 Å². The van der Waals surface area contributed by atoms with Crippen molar-refractivity contribution in [2.45, 2.75) is 13.5 Å². The molecule has 3 aromatic rings. The van der Waals surface area contributed by atoms with Gasteiger partial charge in [-0.25, -0.2) is 0 Å². The first kappa shape index (κ1) is 17.6. The number of carbonyl (C=O) groups excluding carboxylic acids is 2. The van der Waals surface area contributed by atoms with E-state index < -0.39 is 0 Å². The second-order valence-electron chi connectivity index (χ2n) is 5.17. The molecule has 0 spiro atoms. The highest BCUT2D eigenvalue weighted by molar-refractivity contribution is 7.18. The van der Waals surface area contributed by atoms with Crippen molar-refractivity contribution in [1.29, 1.82) is 0 Å². The zero-order valence-electron chi connectivity index (χ0n) is 13.3. The van der Waals surface area contributed by atoms with Crippen molar-refractivity contribution in [3.05, 3.63) is 57.0 Å². The van der Waals surface area contributed by atoms with Gasteiger partial charge in [0.2, 0.25) is 5.91 Å². The Balaban J connectivity index is 2.10. The molecule has 0 aliphatic carbocycles. The standard InChI is InChI=1S/C17H14ClN3O2S2/c1-3-8-21-12-5-4-11(19-10(2)22)9-14(12)25-17(21)20-16(23)13-6-7-15(18)24-13/h3-7,9H,1,8H2,2H3,(H,19,22). The average molecular weight is 392 g/mol. The van der Waals surface area contributed by atoms with Crippen LogP contribution in [0.4, 0.5) is 5.69 Å². The number of carbonyl (C=O) groups is 2. The maximum absolute atomic E-state index is 12.4. The molecule has 1 N–H and O–H groups in total. The number of thiophene rings is 1. The van der Waals surface area contributed by atoms with Crippen molar-refractivity contribution in [1.82, 2.24) is 4.57 Å². The van der Waals surface area contributed by atoms with E-state index in [1.165, 1.54) is 29.6 Å². The summed E-state index contributed by atoms with van der Waals surface area (Å²) in [5.41, 5.74) is 1.63. The monoisotopic (exact) mass is 391 g/mol. The zero-order chi connectivity index (χ0) is 18.0. The molecule has 2 heterocycles. The van der Waals surface area contributed by atoms with Crippen LogP contribution in [-0.4, -0.2) is 16.4 Å². The summed E-state index contributed by atoms with van der Waals surface area (Å²) >= 11 is 8.47. The van der Waals surface area contributed by atoms with E-state index in [0.717, 1.165) is 10.2 Å². The predicted octanol–water partition coefficient (Wildman–Crippen LogP) is 4.30. The second-order valence-corrected chi connectivity index (χ2v) is 7.89. The number of benzene rings is 1. The van der Waals surface area contributed by atoms with E-state index in [-0.39, 0.29) is 11.8 Å². The quantitative estimate of drug-likeness (QED) is 0.674. The lowest BCUT2D eigenvalue weighted by atomic mass is 10.3. The largest absolute Gasteiger partial charge is 0.326 e. The van der Waals surface area contributed by atoms with Crippen LogP contribution < -0.4 is 10.1 Å². The summed E-state index contributed by atoms with van der Waals surface area (Å²) in [6.07, 6.45) is 1.75. The molecule has 2 aromatic heterocycles. The third-order valence-corrected chi connectivity index (χ3v) is 5.56. The van der Waals surface area contributed by atoms with Crippen LogP contribution >= 0.6 is 34.3 Å². The topological polar surface area (TPSA) is 63.5 Å². The number of hydrogen-bond acceptors (Lipinski definition) is 4. The van der Waals surface area contributed by atoms with Crippen LogP contribution in [-0.2, 0) is 11.3 Å². The van der Waals surface area contributed by atoms with Gasteiger partial charge in [-0.05, 0) is 30.3 Å². The van der Waals surface area contributed by atoms with Crippen molar-refractivity contribution >= 4 is 62.0 Å². The van der Waals surface area contributed by atoms with E-state index in [9.17, 15) is 9.59 Å². The van der Waals surface area contributed by atoms with Crippen LogP contribution in [0.5, 0.6) is 0 Å². The Bertz CT molecular complexity index is 1050. The normalized spacial score (nSPS) is 11.7. The molecular weight excluding hydrogens is 378 g/mol. The SMILES string of the molecule is C=CCn1c(=NC(=O)c2ccc(Cl)s2)sc2cc(NC(C)=O)ccc21. The highest BCUT2D eigenvalue weighted by Gasteiger charge is 2.11. The Hall–Kier alpha value is -2.22. The molecule has 0 fully saturated rings. The molecule has 1 aromatic carbocycles. The fourth-order valence-corrected chi connectivity index (χ4v) is 4.32. The van der Waals surface area contributed by atoms with E-state index in [1.54, 1.807) is 18.2 Å². The number of fused-ring (bicyclic) bond motifs is 1. The molecule has 0 bridgehead atoms. The molecule has 0 unspecified atom stereocenters. The third-order valence-electron chi connectivity index (χ3n) is 3.30. The van der Waals surface area contributed by atoms with Crippen LogP contribution in [0.2, 0.25) is 4.34 Å².